The molecule has 4 rings (SSSR count). The maximum atomic E-state index is 12.8. The summed E-state index contributed by atoms with van der Waals surface area (Å²) in [6.45, 7) is 7.14. The second-order valence-corrected chi connectivity index (χ2v) is 8.22. The van der Waals surface area contributed by atoms with Gasteiger partial charge in [0.1, 0.15) is 0 Å². The summed E-state index contributed by atoms with van der Waals surface area (Å²) in [5.74, 6) is 0.800. The molecule has 0 N–H and O–H groups in total. The molecule has 7 nitrogen and oxygen atoms in total. The van der Waals surface area contributed by atoms with Crippen molar-refractivity contribution in [3.05, 3.63) is 17.5 Å². The second kappa shape index (κ2) is 8.00. The average Bonchev–Trinajstić information content (AvgIpc) is 3.39. The lowest BCUT2D eigenvalue weighted by molar-refractivity contribution is -0.136. The molecule has 4 heterocycles. The van der Waals surface area contributed by atoms with E-state index in [0.29, 0.717) is 17.7 Å². The Morgan fingerprint density at radius 2 is 1.74 bits per heavy atom. The van der Waals surface area contributed by atoms with Crippen molar-refractivity contribution in [2.24, 2.45) is 5.92 Å². The van der Waals surface area contributed by atoms with Crippen LogP contribution in [0.4, 0.5) is 0 Å². The Morgan fingerprint density at radius 3 is 2.41 bits per heavy atom. The van der Waals surface area contributed by atoms with Gasteiger partial charge in [-0.15, -0.1) is 0 Å². The summed E-state index contributed by atoms with van der Waals surface area (Å²) in [6.07, 6.45) is 6.35. The normalized spacial score (nSPS) is 25.1. The van der Waals surface area contributed by atoms with Crippen LogP contribution < -0.4 is 0 Å². The number of carbonyl (C=O) groups excluding carboxylic acids is 2. The SMILES string of the molecule is Cc1cc(C(=O)N2CCC(N3CCCC(C(=O)N4CCCC4)C3)CC2)on1. The first-order valence-corrected chi connectivity index (χ1v) is 10.4. The molecule has 3 aliphatic rings. The van der Waals surface area contributed by atoms with Crippen LogP contribution in [0.2, 0.25) is 0 Å². The summed E-state index contributed by atoms with van der Waals surface area (Å²) >= 11 is 0. The molecule has 1 unspecified atom stereocenters. The van der Waals surface area contributed by atoms with Crippen LogP contribution in [0.1, 0.15) is 54.8 Å². The predicted molar refractivity (Wildman–Crippen MR) is 100 cm³/mol. The highest BCUT2D eigenvalue weighted by molar-refractivity contribution is 5.91. The van der Waals surface area contributed by atoms with Gasteiger partial charge in [0.15, 0.2) is 0 Å². The van der Waals surface area contributed by atoms with Crippen LogP contribution in [0.15, 0.2) is 10.6 Å². The lowest BCUT2D eigenvalue weighted by atomic mass is 9.93. The van der Waals surface area contributed by atoms with Gasteiger partial charge in [0, 0.05) is 44.8 Å². The predicted octanol–water partition coefficient (Wildman–Crippen LogP) is 1.92. The number of rotatable bonds is 3. The Labute approximate surface area is 160 Å². The van der Waals surface area contributed by atoms with Gasteiger partial charge in [0.2, 0.25) is 11.7 Å². The smallest absolute Gasteiger partial charge is 0.292 e. The number of hydrogen-bond acceptors (Lipinski definition) is 5. The molecule has 0 aromatic carbocycles. The van der Waals surface area contributed by atoms with Gasteiger partial charge in [-0.05, 0) is 52.0 Å². The van der Waals surface area contributed by atoms with Gasteiger partial charge in [-0.3, -0.25) is 14.5 Å². The summed E-state index contributed by atoms with van der Waals surface area (Å²) in [5, 5.41) is 3.81. The van der Waals surface area contributed by atoms with E-state index >= 15 is 0 Å². The van der Waals surface area contributed by atoms with Gasteiger partial charge < -0.3 is 14.3 Å². The van der Waals surface area contributed by atoms with Crippen molar-refractivity contribution in [3.63, 3.8) is 0 Å². The Morgan fingerprint density at radius 1 is 1.00 bits per heavy atom. The monoisotopic (exact) mass is 374 g/mol. The number of likely N-dealkylation sites (tertiary alicyclic amines) is 3. The summed E-state index contributed by atoms with van der Waals surface area (Å²) in [5.41, 5.74) is 0.732. The first-order valence-electron chi connectivity index (χ1n) is 10.4. The number of piperidine rings is 2. The molecular formula is C20H30N4O3. The largest absolute Gasteiger partial charge is 0.351 e. The molecule has 0 spiro atoms. The lowest BCUT2D eigenvalue weighted by Gasteiger charge is -2.42. The fraction of sp³-hybridized carbons (Fsp3) is 0.750. The van der Waals surface area contributed by atoms with E-state index in [2.05, 4.69) is 15.0 Å². The van der Waals surface area contributed by atoms with Gasteiger partial charge in [0.25, 0.3) is 5.91 Å². The molecule has 1 aromatic rings. The standard InChI is InChI=1S/C20H30N4O3/c1-15-13-18(27-21-15)20(26)23-11-6-17(7-12-23)24-10-4-5-16(14-24)19(25)22-8-2-3-9-22/h13,16-17H,2-12,14H2,1H3. The first-order chi connectivity index (χ1) is 13.1. The van der Waals surface area contributed by atoms with Crippen LogP contribution in [0.5, 0.6) is 0 Å². The summed E-state index contributed by atoms with van der Waals surface area (Å²) in [7, 11) is 0. The number of nitrogens with zero attached hydrogens (tertiary/aromatic N) is 4. The van der Waals surface area contributed by atoms with Crippen LogP contribution in [0.3, 0.4) is 0 Å². The number of amides is 2. The van der Waals surface area contributed by atoms with Gasteiger partial charge in [0.05, 0.1) is 11.6 Å². The van der Waals surface area contributed by atoms with E-state index in [-0.39, 0.29) is 11.8 Å². The molecule has 7 heteroatoms. The Kier molecular flexibility index (Phi) is 5.48. The highest BCUT2D eigenvalue weighted by atomic mass is 16.5. The van der Waals surface area contributed by atoms with Crippen molar-refractivity contribution in [2.75, 3.05) is 39.3 Å². The summed E-state index contributed by atoms with van der Waals surface area (Å²) in [4.78, 5) is 31.7. The molecule has 0 saturated carbocycles. The quantitative estimate of drug-likeness (QED) is 0.808. The third kappa shape index (κ3) is 4.03. The molecular weight excluding hydrogens is 344 g/mol. The molecule has 1 aromatic heterocycles. The molecule has 0 aliphatic carbocycles. The maximum Gasteiger partial charge on any atom is 0.292 e. The minimum Gasteiger partial charge on any atom is -0.351 e. The Hall–Kier alpha value is -1.89. The summed E-state index contributed by atoms with van der Waals surface area (Å²) in [6, 6.07) is 2.17. The van der Waals surface area contributed by atoms with Crippen molar-refractivity contribution < 1.29 is 14.1 Å². The highest BCUT2D eigenvalue weighted by Gasteiger charge is 2.35. The van der Waals surface area contributed by atoms with E-state index in [1.54, 1.807) is 6.07 Å². The fourth-order valence-corrected chi connectivity index (χ4v) is 4.79. The van der Waals surface area contributed by atoms with Crippen molar-refractivity contribution in [1.29, 1.82) is 0 Å². The van der Waals surface area contributed by atoms with Crippen molar-refractivity contribution >= 4 is 11.8 Å². The van der Waals surface area contributed by atoms with Gasteiger partial charge in [-0.1, -0.05) is 5.16 Å². The Bertz CT molecular complexity index is 675. The van der Waals surface area contributed by atoms with Crippen LogP contribution >= 0.6 is 0 Å². The number of aryl methyl sites for hydroxylation is 1. The molecule has 148 valence electrons. The second-order valence-electron chi connectivity index (χ2n) is 8.22. The molecule has 0 bridgehead atoms. The zero-order valence-electron chi connectivity index (χ0n) is 16.2. The third-order valence-electron chi connectivity index (χ3n) is 6.33. The number of carbonyl (C=O) groups is 2. The first kappa shape index (κ1) is 18.5. The van der Waals surface area contributed by atoms with Crippen molar-refractivity contribution in [2.45, 2.75) is 51.5 Å². The average molecular weight is 374 g/mol. The molecule has 1 atom stereocenters. The maximum absolute atomic E-state index is 12.8. The highest BCUT2D eigenvalue weighted by Crippen LogP contribution is 2.26. The zero-order chi connectivity index (χ0) is 18.8. The van der Waals surface area contributed by atoms with E-state index in [9.17, 15) is 9.59 Å². The van der Waals surface area contributed by atoms with E-state index in [1.807, 2.05) is 11.8 Å². The zero-order valence-corrected chi connectivity index (χ0v) is 16.2. The van der Waals surface area contributed by atoms with Crippen LogP contribution in [-0.4, -0.2) is 77.0 Å². The molecule has 0 radical (unpaired) electrons. The fourth-order valence-electron chi connectivity index (χ4n) is 4.79. The van der Waals surface area contributed by atoms with Crippen molar-refractivity contribution in [1.82, 2.24) is 19.9 Å². The van der Waals surface area contributed by atoms with E-state index in [4.69, 9.17) is 4.52 Å². The number of aromatic nitrogens is 1. The molecule has 2 amide bonds. The molecule has 3 fully saturated rings. The van der Waals surface area contributed by atoms with E-state index < -0.39 is 0 Å². The molecule has 3 saturated heterocycles. The molecule has 27 heavy (non-hydrogen) atoms. The minimum absolute atomic E-state index is 0.0604. The van der Waals surface area contributed by atoms with Gasteiger partial charge >= 0.3 is 0 Å². The minimum atomic E-state index is -0.0604. The molecule has 3 aliphatic heterocycles. The van der Waals surface area contributed by atoms with Gasteiger partial charge in [-0.2, -0.15) is 0 Å². The van der Waals surface area contributed by atoms with Crippen LogP contribution in [-0.2, 0) is 4.79 Å². The van der Waals surface area contributed by atoms with E-state index in [1.165, 1.54) is 0 Å². The topological polar surface area (TPSA) is 69.9 Å². The Balaban J connectivity index is 1.30. The number of hydrogen-bond donors (Lipinski definition) is 0. The van der Waals surface area contributed by atoms with Crippen molar-refractivity contribution in [3.8, 4) is 0 Å². The third-order valence-corrected chi connectivity index (χ3v) is 6.33. The van der Waals surface area contributed by atoms with E-state index in [0.717, 1.165) is 83.5 Å². The lowest BCUT2D eigenvalue weighted by Crippen LogP contribution is -2.51. The van der Waals surface area contributed by atoms with Crippen LogP contribution in [0.25, 0.3) is 0 Å². The van der Waals surface area contributed by atoms with Crippen LogP contribution in [0, 0.1) is 12.8 Å². The summed E-state index contributed by atoms with van der Waals surface area (Å²) < 4.78 is 5.12. The van der Waals surface area contributed by atoms with Gasteiger partial charge in [-0.25, -0.2) is 0 Å².